The van der Waals surface area contributed by atoms with Crippen LogP contribution >= 0.6 is 24.0 Å². The summed E-state index contributed by atoms with van der Waals surface area (Å²) in [5, 5.41) is 0.768. The molecule has 1 fully saturated rings. The predicted molar refractivity (Wildman–Crippen MR) is 126 cm³/mol. The Balaban J connectivity index is 0.00000256. The second kappa shape index (κ2) is 11.3. The topological polar surface area (TPSA) is 44.8 Å². The van der Waals surface area contributed by atoms with Gasteiger partial charge in [-0.1, -0.05) is 35.4 Å². The minimum absolute atomic E-state index is 0. The second-order valence-electron chi connectivity index (χ2n) is 7.58. The molecule has 1 saturated heterocycles. The maximum atomic E-state index is 6.12. The van der Waals surface area contributed by atoms with Gasteiger partial charge in [0.15, 0.2) is 0 Å². The molecule has 0 atom stereocenters. The number of nitrogens with zero attached hydrogens (tertiary/aromatic N) is 3. The zero-order chi connectivity index (χ0) is 19.9. The molecule has 0 radical (unpaired) electrons. The number of aromatic nitrogens is 3. The summed E-state index contributed by atoms with van der Waals surface area (Å²) < 4.78 is 0. The van der Waals surface area contributed by atoms with Crippen molar-refractivity contribution in [1.82, 2.24) is 19.9 Å². The van der Waals surface area contributed by atoms with Crippen LogP contribution in [0.1, 0.15) is 42.6 Å². The zero-order valence-corrected chi connectivity index (χ0v) is 18.6. The molecule has 158 valence electrons. The van der Waals surface area contributed by atoms with Gasteiger partial charge in [-0.25, -0.2) is 4.98 Å². The van der Waals surface area contributed by atoms with Gasteiger partial charge in [0.2, 0.25) is 0 Å². The first kappa shape index (κ1) is 22.5. The number of aromatic amines is 1. The highest BCUT2D eigenvalue weighted by Gasteiger charge is 2.19. The molecule has 1 N–H and O–H groups in total. The molecule has 0 bridgehead atoms. The van der Waals surface area contributed by atoms with Crippen molar-refractivity contribution in [2.75, 3.05) is 19.6 Å². The van der Waals surface area contributed by atoms with Crippen LogP contribution in [-0.2, 0) is 6.42 Å². The maximum absolute atomic E-state index is 6.12. The van der Waals surface area contributed by atoms with E-state index >= 15 is 0 Å². The van der Waals surface area contributed by atoms with E-state index in [1.54, 1.807) is 6.33 Å². The molecule has 1 aliphatic heterocycles. The number of likely N-dealkylation sites (tertiary alicyclic amines) is 1. The highest BCUT2D eigenvalue weighted by Crippen LogP contribution is 2.32. The second-order valence-corrected chi connectivity index (χ2v) is 8.01. The Morgan fingerprint density at radius 2 is 1.83 bits per heavy atom. The third-order valence-corrected chi connectivity index (χ3v) is 5.84. The summed E-state index contributed by atoms with van der Waals surface area (Å²) in [5.41, 5.74) is 6.27. The molecule has 6 heteroatoms. The fourth-order valence-corrected chi connectivity index (χ4v) is 4.16. The highest BCUT2D eigenvalue weighted by atomic mass is 35.5. The minimum atomic E-state index is 0. The van der Waals surface area contributed by atoms with Gasteiger partial charge in [0, 0.05) is 41.8 Å². The summed E-state index contributed by atoms with van der Waals surface area (Å²) in [4.78, 5) is 14.5. The minimum Gasteiger partial charge on any atom is -0.348 e. The number of halogens is 2. The van der Waals surface area contributed by atoms with Gasteiger partial charge in [-0.3, -0.25) is 4.98 Å². The molecule has 1 aromatic carbocycles. The number of hydrogen-bond acceptors (Lipinski definition) is 3. The summed E-state index contributed by atoms with van der Waals surface area (Å²) in [5.74, 6) is 0. The van der Waals surface area contributed by atoms with E-state index in [1.165, 1.54) is 41.8 Å². The Morgan fingerprint density at radius 1 is 1.03 bits per heavy atom. The van der Waals surface area contributed by atoms with E-state index in [2.05, 4.69) is 44.1 Å². The summed E-state index contributed by atoms with van der Waals surface area (Å²) in [6.07, 6.45) is 11.2. The lowest BCUT2D eigenvalue weighted by Gasteiger charge is -2.30. The molecular weight excluding hydrogens is 415 g/mol. The number of benzene rings is 1. The van der Waals surface area contributed by atoms with Crippen molar-refractivity contribution < 1.29 is 0 Å². The van der Waals surface area contributed by atoms with Crippen molar-refractivity contribution in [3.63, 3.8) is 0 Å². The zero-order valence-electron chi connectivity index (χ0n) is 17.1. The molecule has 3 aromatic rings. The molecule has 0 spiro atoms. The van der Waals surface area contributed by atoms with E-state index in [4.69, 9.17) is 11.6 Å². The molecule has 0 amide bonds. The first-order valence-corrected chi connectivity index (χ1v) is 10.8. The van der Waals surface area contributed by atoms with E-state index in [1.807, 2.05) is 30.6 Å². The van der Waals surface area contributed by atoms with Crippen LogP contribution < -0.4 is 0 Å². The number of hydrogen-bond donors (Lipinski definition) is 1. The molecule has 0 unspecified atom stereocenters. The van der Waals surface area contributed by atoms with Crippen LogP contribution in [0.2, 0.25) is 5.02 Å². The maximum Gasteiger partial charge on any atom is 0.0921 e. The quantitative estimate of drug-likeness (QED) is 0.470. The van der Waals surface area contributed by atoms with Crippen LogP contribution in [0.5, 0.6) is 0 Å². The summed E-state index contributed by atoms with van der Waals surface area (Å²) in [6, 6.07) is 14.3. The van der Waals surface area contributed by atoms with Gasteiger partial charge in [0.25, 0.3) is 0 Å². The van der Waals surface area contributed by atoms with Crippen molar-refractivity contribution in [3.8, 4) is 0 Å². The van der Waals surface area contributed by atoms with Crippen LogP contribution in [0.3, 0.4) is 0 Å². The van der Waals surface area contributed by atoms with Gasteiger partial charge in [0.05, 0.1) is 12.0 Å². The fourth-order valence-electron chi connectivity index (χ4n) is 4.03. The van der Waals surface area contributed by atoms with Crippen molar-refractivity contribution in [1.29, 1.82) is 0 Å². The Morgan fingerprint density at radius 3 is 2.50 bits per heavy atom. The van der Waals surface area contributed by atoms with Crippen molar-refractivity contribution in [2.45, 2.75) is 32.1 Å². The van der Waals surface area contributed by atoms with Crippen LogP contribution in [-0.4, -0.2) is 39.5 Å². The molecular formula is C24H28Cl2N4. The Labute approximate surface area is 189 Å². The van der Waals surface area contributed by atoms with Gasteiger partial charge < -0.3 is 9.88 Å². The molecule has 4 rings (SSSR count). The Hall–Kier alpha value is -2.14. The smallest absolute Gasteiger partial charge is 0.0921 e. The number of unbranched alkanes of at least 4 members (excludes halogenated alkanes) is 1. The molecule has 1 aliphatic rings. The average Bonchev–Trinajstić information content (AvgIpc) is 3.28. The van der Waals surface area contributed by atoms with Gasteiger partial charge in [-0.15, -0.1) is 12.4 Å². The average molecular weight is 443 g/mol. The van der Waals surface area contributed by atoms with E-state index in [9.17, 15) is 0 Å². The third-order valence-electron chi connectivity index (χ3n) is 5.59. The summed E-state index contributed by atoms with van der Waals surface area (Å²) in [6.45, 7) is 3.40. The first-order valence-electron chi connectivity index (χ1n) is 10.4. The summed E-state index contributed by atoms with van der Waals surface area (Å²) in [7, 11) is 0. The largest absolute Gasteiger partial charge is 0.348 e. The monoisotopic (exact) mass is 442 g/mol. The first-order chi connectivity index (χ1) is 14.3. The van der Waals surface area contributed by atoms with Gasteiger partial charge >= 0.3 is 0 Å². The molecule has 4 nitrogen and oxygen atoms in total. The van der Waals surface area contributed by atoms with Gasteiger partial charge in [-0.05, 0) is 68.5 Å². The van der Waals surface area contributed by atoms with Crippen LogP contribution in [0.15, 0.2) is 66.8 Å². The van der Waals surface area contributed by atoms with E-state index < -0.39 is 0 Å². The van der Waals surface area contributed by atoms with E-state index in [-0.39, 0.29) is 12.4 Å². The number of rotatable bonds is 7. The standard InChI is InChI=1S/C24H27ClN4.ClH/c25-21-9-7-19(8-10-21)24(23-6-1-3-13-27-23)20-11-15-29(16-12-20)14-4-2-5-22-17-26-18-28-22;/h1,3,6-10,13,17-18H,2,4-5,11-12,14-16H2,(H,26,28);1H. The Bertz CT molecular complexity index is 912. The molecule has 3 heterocycles. The third kappa shape index (κ3) is 5.94. The van der Waals surface area contributed by atoms with Crippen LogP contribution in [0.25, 0.3) is 5.57 Å². The number of piperidine rings is 1. The number of nitrogens with one attached hydrogen (secondary N) is 1. The SMILES string of the molecule is Cl.Clc1ccc(C(=C2CCN(CCCCc3cnc[nH]3)CC2)c2ccccn2)cc1. The number of imidazole rings is 1. The normalized spacial score (nSPS) is 14.4. The summed E-state index contributed by atoms with van der Waals surface area (Å²) >= 11 is 6.12. The van der Waals surface area contributed by atoms with Crippen molar-refractivity contribution in [2.24, 2.45) is 0 Å². The Kier molecular flexibility index (Phi) is 8.50. The number of pyridine rings is 1. The molecule has 0 saturated carbocycles. The van der Waals surface area contributed by atoms with Crippen LogP contribution in [0.4, 0.5) is 0 Å². The lowest BCUT2D eigenvalue weighted by atomic mass is 9.90. The fraction of sp³-hybridized carbons (Fsp3) is 0.333. The van der Waals surface area contributed by atoms with Crippen molar-refractivity contribution in [3.05, 3.63) is 88.7 Å². The lowest BCUT2D eigenvalue weighted by molar-refractivity contribution is 0.252. The van der Waals surface area contributed by atoms with E-state index in [0.717, 1.165) is 43.1 Å². The molecule has 30 heavy (non-hydrogen) atoms. The van der Waals surface area contributed by atoms with Crippen LogP contribution in [0, 0.1) is 0 Å². The highest BCUT2D eigenvalue weighted by molar-refractivity contribution is 6.30. The number of H-pyrrole nitrogens is 1. The molecule has 2 aromatic heterocycles. The van der Waals surface area contributed by atoms with Crippen molar-refractivity contribution >= 4 is 29.6 Å². The van der Waals surface area contributed by atoms with E-state index in [0.29, 0.717) is 0 Å². The molecule has 0 aliphatic carbocycles. The predicted octanol–water partition coefficient (Wildman–Crippen LogP) is 5.80. The number of aryl methyl sites for hydroxylation is 1. The van der Waals surface area contributed by atoms with Gasteiger partial charge in [0.1, 0.15) is 0 Å². The lowest BCUT2D eigenvalue weighted by Crippen LogP contribution is -2.32. The van der Waals surface area contributed by atoms with Gasteiger partial charge in [-0.2, -0.15) is 0 Å².